The van der Waals surface area contributed by atoms with Gasteiger partial charge in [0, 0.05) is 15.6 Å². The summed E-state index contributed by atoms with van der Waals surface area (Å²) < 4.78 is 39.4. The highest BCUT2D eigenvalue weighted by atomic mass is 35.5. The quantitative estimate of drug-likeness (QED) is 0.338. The maximum Gasteiger partial charge on any atom is 0.418 e. The van der Waals surface area contributed by atoms with Crippen molar-refractivity contribution >= 4 is 58.2 Å². The van der Waals surface area contributed by atoms with Crippen molar-refractivity contribution in [1.29, 1.82) is 0 Å². The van der Waals surface area contributed by atoms with Crippen LogP contribution in [0, 0.1) is 0 Å². The van der Waals surface area contributed by atoms with Gasteiger partial charge < -0.3 is 10.6 Å². The average molecular weight is 513 g/mol. The van der Waals surface area contributed by atoms with Crippen LogP contribution >= 0.6 is 35.0 Å². The van der Waals surface area contributed by atoms with Crippen molar-refractivity contribution in [2.24, 2.45) is 0 Å². The maximum atomic E-state index is 13.1. The summed E-state index contributed by atoms with van der Waals surface area (Å²) in [5, 5.41) is 5.03. The van der Waals surface area contributed by atoms with Crippen LogP contribution in [0.3, 0.4) is 0 Å². The zero-order valence-corrected chi connectivity index (χ0v) is 19.4. The number of hydrogen-bond acceptors (Lipinski definition) is 3. The van der Waals surface area contributed by atoms with Crippen LogP contribution in [-0.2, 0) is 11.0 Å². The molecule has 1 unspecified atom stereocenters. The summed E-state index contributed by atoms with van der Waals surface area (Å²) >= 11 is 13.1. The number of halogens is 5. The van der Waals surface area contributed by atoms with E-state index < -0.39 is 28.8 Å². The van der Waals surface area contributed by atoms with Crippen LogP contribution in [0.4, 0.5) is 24.5 Å². The van der Waals surface area contributed by atoms with Crippen LogP contribution in [0.5, 0.6) is 0 Å². The highest BCUT2D eigenvalue weighted by Crippen LogP contribution is 2.35. The Bertz CT molecular complexity index is 1170. The molecule has 4 nitrogen and oxygen atoms in total. The lowest BCUT2D eigenvalue weighted by Crippen LogP contribution is -2.24. The van der Waals surface area contributed by atoms with Gasteiger partial charge in [0.05, 0.1) is 27.1 Å². The number of alkyl halides is 3. The van der Waals surface area contributed by atoms with E-state index in [0.717, 1.165) is 6.07 Å². The Morgan fingerprint density at radius 3 is 2.24 bits per heavy atom. The van der Waals surface area contributed by atoms with Crippen LogP contribution < -0.4 is 10.6 Å². The van der Waals surface area contributed by atoms with Gasteiger partial charge in [-0.15, -0.1) is 11.8 Å². The lowest BCUT2D eigenvalue weighted by atomic mass is 10.1. The number of nitrogens with one attached hydrogen (secondary N) is 2. The Balaban J connectivity index is 1.61. The van der Waals surface area contributed by atoms with Gasteiger partial charge in [0.2, 0.25) is 5.91 Å². The molecule has 0 bridgehead atoms. The first-order valence-corrected chi connectivity index (χ1v) is 11.2. The Hall–Kier alpha value is -2.68. The molecule has 33 heavy (non-hydrogen) atoms. The Morgan fingerprint density at radius 2 is 1.61 bits per heavy atom. The number of benzene rings is 3. The molecule has 0 saturated heterocycles. The Morgan fingerprint density at radius 1 is 0.939 bits per heavy atom. The van der Waals surface area contributed by atoms with Crippen molar-refractivity contribution in [3.8, 4) is 0 Å². The summed E-state index contributed by atoms with van der Waals surface area (Å²) in [7, 11) is 0. The molecule has 172 valence electrons. The fourth-order valence-corrected chi connectivity index (χ4v) is 4.18. The fraction of sp³-hybridized carbons (Fsp3) is 0.130. The third-order valence-electron chi connectivity index (χ3n) is 4.46. The van der Waals surface area contributed by atoms with Crippen molar-refractivity contribution < 1.29 is 22.8 Å². The number of anilines is 2. The summed E-state index contributed by atoms with van der Waals surface area (Å²) in [6.45, 7) is 1.59. The first-order valence-electron chi connectivity index (χ1n) is 9.55. The molecule has 0 heterocycles. The largest absolute Gasteiger partial charge is 0.418 e. The Labute approximate surface area is 202 Å². The fourth-order valence-electron chi connectivity index (χ4n) is 2.82. The van der Waals surface area contributed by atoms with E-state index in [1.54, 1.807) is 37.3 Å². The third-order valence-corrected chi connectivity index (χ3v) is 6.12. The summed E-state index contributed by atoms with van der Waals surface area (Å²) in [5.41, 5.74) is -0.423. The van der Waals surface area contributed by atoms with Crippen LogP contribution in [0.2, 0.25) is 10.0 Å². The third kappa shape index (κ3) is 6.66. The summed E-state index contributed by atoms with van der Waals surface area (Å²) in [6.07, 6.45) is -4.57. The van der Waals surface area contributed by atoms with E-state index in [1.165, 1.54) is 42.1 Å². The molecule has 1 atom stereocenters. The zero-order chi connectivity index (χ0) is 24.2. The van der Waals surface area contributed by atoms with Gasteiger partial charge in [0.15, 0.2) is 0 Å². The average Bonchev–Trinajstić information content (AvgIpc) is 2.74. The van der Waals surface area contributed by atoms with E-state index >= 15 is 0 Å². The molecule has 0 aliphatic rings. The lowest BCUT2D eigenvalue weighted by molar-refractivity contribution is -0.137. The van der Waals surface area contributed by atoms with Crippen molar-refractivity contribution in [2.45, 2.75) is 23.2 Å². The van der Waals surface area contributed by atoms with Gasteiger partial charge in [-0.1, -0.05) is 35.3 Å². The second-order valence-corrected chi connectivity index (χ2v) is 9.15. The smallest absolute Gasteiger partial charge is 0.325 e. The van der Waals surface area contributed by atoms with E-state index in [2.05, 4.69) is 10.6 Å². The number of para-hydroxylation sites is 1. The molecule has 0 aromatic heterocycles. The summed E-state index contributed by atoms with van der Waals surface area (Å²) in [6, 6.07) is 16.0. The SMILES string of the molecule is CC(Sc1ccc(NC(=O)c2ccc(Cl)cc2Cl)cc1)C(=O)Nc1ccccc1C(F)(F)F. The predicted octanol–water partition coefficient (Wildman–Crippen LogP) is 7.38. The van der Waals surface area contributed by atoms with Crippen LogP contribution in [-0.4, -0.2) is 17.1 Å². The van der Waals surface area contributed by atoms with E-state index in [-0.39, 0.29) is 16.3 Å². The molecular weight excluding hydrogens is 496 g/mol. The molecule has 0 aliphatic carbocycles. The van der Waals surface area contributed by atoms with Gasteiger partial charge in [0.25, 0.3) is 5.91 Å². The van der Waals surface area contributed by atoms with Crippen molar-refractivity contribution in [1.82, 2.24) is 0 Å². The molecule has 0 saturated carbocycles. The van der Waals surface area contributed by atoms with Crippen molar-refractivity contribution in [3.05, 3.63) is 87.9 Å². The number of rotatable bonds is 6. The van der Waals surface area contributed by atoms with E-state index in [4.69, 9.17) is 23.2 Å². The number of carbonyl (C=O) groups excluding carboxylic acids is 2. The van der Waals surface area contributed by atoms with Gasteiger partial charge in [-0.2, -0.15) is 13.2 Å². The van der Waals surface area contributed by atoms with E-state index in [9.17, 15) is 22.8 Å². The first-order chi connectivity index (χ1) is 15.5. The molecule has 2 N–H and O–H groups in total. The van der Waals surface area contributed by atoms with E-state index in [0.29, 0.717) is 15.6 Å². The first kappa shape index (κ1) is 25.0. The molecular formula is C23H17Cl2F3N2O2S. The second kappa shape index (κ2) is 10.5. The Kier molecular flexibility index (Phi) is 7.94. The number of amides is 2. The molecule has 0 radical (unpaired) electrons. The van der Waals surface area contributed by atoms with Crippen LogP contribution in [0.1, 0.15) is 22.8 Å². The lowest BCUT2D eigenvalue weighted by Gasteiger charge is -2.16. The highest BCUT2D eigenvalue weighted by molar-refractivity contribution is 8.00. The molecule has 3 aromatic carbocycles. The minimum absolute atomic E-state index is 0.221. The predicted molar refractivity (Wildman–Crippen MR) is 126 cm³/mol. The molecule has 0 fully saturated rings. The minimum atomic E-state index is -4.57. The van der Waals surface area contributed by atoms with Gasteiger partial charge in [0.1, 0.15) is 0 Å². The number of hydrogen-bond donors (Lipinski definition) is 2. The van der Waals surface area contributed by atoms with Crippen molar-refractivity contribution in [3.63, 3.8) is 0 Å². The van der Waals surface area contributed by atoms with Crippen LogP contribution in [0.25, 0.3) is 0 Å². The maximum absolute atomic E-state index is 13.1. The van der Waals surface area contributed by atoms with Crippen molar-refractivity contribution in [2.75, 3.05) is 10.6 Å². The normalized spacial score (nSPS) is 12.2. The van der Waals surface area contributed by atoms with Gasteiger partial charge in [-0.05, 0) is 61.5 Å². The monoisotopic (exact) mass is 512 g/mol. The molecule has 3 aromatic rings. The summed E-state index contributed by atoms with van der Waals surface area (Å²) in [4.78, 5) is 25.5. The molecule has 2 amide bonds. The molecule has 10 heteroatoms. The molecule has 0 aliphatic heterocycles. The minimum Gasteiger partial charge on any atom is -0.325 e. The number of thioether (sulfide) groups is 1. The van der Waals surface area contributed by atoms with Gasteiger partial charge in [-0.3, -0.25) is 9.59 Å². The standard InChI is InChI=1S/C23H17Cl2F3N2O2S/c1-13(21(31)30-20-5-3-2-4-18(20)23(26,27)28)33-16-9-7-15(8-10-16)29-22(32)17-11-6-14(24)12-19(17)25/h2-13H,1H3,(H,29,32)(H,30,31). The molecule has 0 spiro atoms. The zero-order valence-electron chi connectivity index (χ0n) is 17.0. The highest BCUT2D eigenvalue weighted by Gasteiger charge is 2.33. The molecule has 3 rings (SSSR count). The van der Waals surface area contributed by atoms with Gasteiger partial charge in [-0.25, -0.2) is 0 Å². The number of carbonyl (C=O) groups is 2. The van der Waals surface area contributed by atoms with Crippen LogP contribution in [0.15, 0.2) is 71.6 Å². The van der Waals surface area contributed by atoms with Gasteiger partial charge >= 0.3 is 6.18 Å². The van der Waals surface area contributed by atoms with E-state index in [1.807, 2.05) is 0 Å². The topological polar surface area (TPSA) is 58.2 Å². The summed E-state index contributed by atoms with van der Waals surface area (Å²) in [5.74, 6) is -0.973. The second-order valence-electron chi connectivity index (χ2n) is 6.90.